The Labute approximate surface area is 229 Å². The van der Waals surface area contributed by atoms with E-state index < -0.39 is 58.2 Å². The molecule has 0 radical (unpaired) electrons. The van der Waals surface area contributed by atoms with Crippen LogP contribution in [0.15, 0.2) is 46.3 Å². The average Bonchev–Trinajstić information content (AvgIpc) is 3.41. The minimum absolute atomic E-state index is 0.0218. The third-order valence-corrected chi connectivity index (χ3v) is 10.1. The van der Waals surface area contributed by atoms with E-state index in [1.54, 1.807) is 32.4 Å². The summed E-state index contributed by atoms with van der Waals surface area (Å²) in [5, 5.41) is 0. The van der Waals surface area contributed by atoms with Crippen LogP contribution in [0.1, 0.15) is 72.5 Å². The summed E-state index contributed by atoms with van der Waals surface area (Å²) in [6.45, 7) is 11.5. The average molecular weight is 539 g/mol. The standard InChI is InChI=1S/C31H38O8/c1-16(2)28(35)39-27-19-12-18-20(31(6,25(19)34)22(29(27,3)4)14-23(32)36-7)8-10-30(5)21(18)13-24(33)38-26(30)17-9-11-37-15-17/h9,11-13,15-16,19-20,22,26-27H,8,10,14H2,1-7H3/t19-,20+,22+,26+,27-,30-,31-/m1/s1. The number of fused-ring (bicyclic) bond motifs is 6. The number of cyclic esters (lactones) is 1. The Morgan fingerprint density at radius 1 is 1.15 bits per heavy atom. The Balaban J connectivity index is 1.69. The summed E-state index contributed by atoms with van der Waals surface area (Å²) < 4.78 is 22.3. The summed E-state index contributed by atoms with van der Waals surface area (Å²) in [6.07, 6.45) is 6.72. The lowest BCUT2D eigenvalue weighted by atomic mass is 9.41. The Bertz CT molecular complexity index is 1270. The number of allylic oxidation sites excluding steroid dienone is 1. The first kappa shape index (κ1) is 27.4. The molecule has 1 aromatic heterocycles. The Kier molecular flexibility index (Phi) is 6.47. The highest BCUT2D eigenvalue weighted by molar-refractivity contribution is 5.95. The van der Waals surface area contributed by atoms with Crippen LogP contribution in [0, 0.1) is 39.9 Å². The molecule has 8 heteroatoms. The van der Waals surface area contributed by atoms with Gasteiger partial charge in [0.1, 0.15) is 18.0 Å². The molecule has 7 atom stereocenters. The minimum Gasteiger partial charge on any atom is -0.472 e. The minimum atomic E-state index is -0.929. The molecule has 0 unspecified atom stereocenters. The fourth-order valence-corrected chi connectivity index (χ4v) is 7.94. The molecule has 0 aromatic carbocycles. The molecule has 1 aliphatic heterocycles. The predicted octanol–water partition coefficient (Wildman–Crippen LogP) is 5.14. The van der Waals surface area contributed by atoms with Gasteiger partial charge in [-0.2, -0.15) is 0 Å². The van der Waals surface area contributed by atoms with Crippen molar-refractivity contribution in [3.63, 3.8) is 0 Å². The van der Waals surface area contributed by atoms with Gasteiger partial charge >= 0.3 is 17.9 Å². The Morgan fingerprint density at radius 3 is 2.49 bits per heavy atom. The van der Waals surface area contributed by atoms with E-state index in [1.807, 2.05) is 32.9 Å². The van der Waals surface area contributed by atoms with Gasteiger partial charge in [0.25, 0.3) is 0 Å². The van der Waals surface area contributed by atoms with Crippen LogP contribution in [0.5, 0.6) is 0 Å². The van der Waals surface area contributed by atoms with Gasteiger partial charge in [0.2, 0.25) is 0 Å². The summed E-state index contributed by atoms with van der Waals surface area (Å²) >= 11 is 0. The van der Waals surface area contributed by atoms with Gasteiger partial charge in [0.05, 0.1) is 31.5 Å². The number of hydrogen-bond donors (Lipinski definition) is 0. The second-order valence-electron chi connectivity index (χ2n) is 12.9. The third kappa shape index (κ3) is 3.93. The first-order chi connectivity index (χ1) is 18.3. The van der Waals surface area contributed by atoms with Crippen LogP contribution >= 0.6 is 0 Å². The summed E-state index contributed by atoms with van der Waals surface area (Å²) in [5.41, 5.74) is 0.369. The molecule has 0 N–H and O–H groups in total. The molecule has 0 amide bonds. The van der Waals surface area contributed by atoms with E-state index in [-0.39, 0.29) is 24.0 Å². The van der Waals surface area contributed by atoms with Gasteiger partial charge in [-0.15, -0.1) is 0 Å². The van der Waals surface area contributed by atoms with E-state index in [9.17, 15) is 19.2 Å². The van der Waals surface area contributed by atoms with Crippen LogP contribution in [-0.4, -0.2) is 36.9 Å². The molecule has 210 valence electrons. The molecule has 1 aromatic rings. The van der Waals surface area contributed by atoms with Gasteiger partial charge < -0.3 is 18.6 Å². The lowest BCUT2D eigenvalue weighted by molar-refractivity contribution is -0.193. The van der Waals surface area contributed by atoms with E-state index >= 15 is 0 Å². The van der Waals surface area contributed by atoms with Crippen molar-refractivity contribution >= 4 is 23.7 Å². The predicted molar refractivity (Wildman–Crippen MR) is 140 cm³/mol. The Hall–Kier alpha value is -3.16. The van der Waals surface area contributed by atoms with Crippen molar-refractivity contribution < 1.29 is 37.8 Å². The molecule has 2 bridgehead atoms. The van der Waals surface area contributed by atoms with Crippen LogP contribution in [0.2, 0.25) is 0 Å². The molecule has 39 heavy (non-hydrogen) atoms. The van der Waals surface area contributed by atoms with Crippen LogP contribution in [0.25, 0.3) is 0 Å². The van der Waals surface area contributed by atoms with Gasteiger partial charge in [0, 0.05) is 34.3 Å². The lowest BCUT2D eigenvalue weighted by Crippen LogP contribution is -2.66. The van der Waals surface area contributed by atoms with Crippen molar-refractivity contribution in [2.45, 2.75) is 73.0 Å². The molecule has 2 saturated carbocycles. The number of rotatable bonds is 5. The van der Waals surface area contributed by atoms with Crippen LogP contribution < -0.4 is 0 Å². The fraction of sp³-hybridized carbons (Fsp3) is 0.613. The zero-order valence-electron chi connectivity index (χ0n) is 23.7. The summed E-state index contributed by atoms with van der Waals surface area (Å²) in [6, 6.07) is 1.81. The molecule has 2 heterocycles. The van der Waals surface area contributed by atoms with E-state index in [1.165, 1.54) is 7.11 Å². The number of hydrogen-bond acceptors (Lipinski definition) is 8. The summed E-state index contributed by atoms with van der Waals surface area (Å²) in [4.78, 5) is 52.9. The first-order valence-corrected chi connectivity index (χ1v) is 13.7. The lowest BCUT2D eigenvalue weighted by Gasteiger charge is -2.62. The SMILES string of the molecule is COC(=O)C[C@H]1C(C)(C)[C@H](OC(=O)C(C)C)[C@@H]2C=C3C4=CC(=O)O[C@@H](c5ccoc5)[C@]4(C)CC[C@@H]3[C@@]1(C)C2=O. The normalized spacial score (nSPS) is 36.7. The highest BCUT2D eigenvalue weighted by atomic mass is 16.6. The molecular formula is C31H38O8. The summed E-state index contributed by atoms with van der Waals surface area (Å²) in [7, 11) is 1.34. The van der Waals surface area contributed by atoms with E-state index in [0.717, 1.165) is 16.7 Å². The highest BCUT2D eigenvalue weighted by Gasteiger charge is 2.68. The molecule has 2 fully saturated rings. The van der Waals surface area contributed by atoms with Crippen LogP contribution in [0.4, 0.5) is 0 Å². The van der Waals surface area contributed by atoms with Crippen molar-refractivity contribution in [2.75, 3.05) is 7.11 Å². The Morgan fingerprint density at radius 2 is 1.87 bits per heavy atom. The van der Waals surface area contributed by atoms with Crippen molar-refractivity contribution in [1.29, 1.82) is 0 Å². The van der Waals surface area contributed by atoms with E-state index in [2.05, 4.69) is 6.92 Å². The molecule has 5 rings (SSSR count). The maximum absolute atomic E-state index is 14.4. The van der Waals surface area contributed by atoms with Gasteiger partial charge in [0.15, 0.2) is 0 Å². The van der Waals surface area contributed by atoms with Crippen molar-refractivity contribution in [1.82, 2.24) is 0 Å². The zero-order chi connectivity index (χ0) is 28.5. The number of esters is 3. The van der Waals surface area contributed by atoms with Crippen molar-refractivity contribution in [2.24, 2.45) is 39.9 Å². The number of ether oxygens (including phenoxy) is 3. The highest BCUT2D eigenvalue weighted by Crippen LogP contribution is 2.67. The maximum Gasteiger partial charge on any atom is 0.331 e. The van der Waals surface area contributed by atoms with Gasteiger partial charge in [-0.05, 0) is 41.9 Å². The van der Waals surface area contributed by atoms with Crippen LogP contribution in [-0.2, 0) is 33.4 Å². The quantitative estimate of drug-likeness (QED) is 0.375. The smallest absolute Gasteiger partial charge is 0.331 e. The van der Waals surface area contributed by atoms with E-state index in [4.69, 9.17) is 18.6 Å². The molecule has 3 aliphatic carbocycles. The molecule has 0 saturated heterocycles. The van der Waals surface area contributed by atoms with Crippen LogP contribution in [0.3, 0.4) is 0 Å². The molecule has 8 nitrogen and oxygen atoms in total. The topological polar surface area (TPSA) is 109 Å². The zero-order valence-corrected chi connectivity index (χ0v) is 23.7. The second kappa shape index (κ2) is 9.20. The fourth-order valence-electron chi connectivity index (χ4n) is 7.94. The maximum atomic E-state index is 14.4. The number of Topliss-reactive ketones (excluding diaryl/α,β-unsaturated/α-hetero) is 1. The number of methoxy groups -OCH3 is 1. The van der Waals surface area contributed by atoms with Crippen molar-refractivity contribution in [3.8, 4) is 0 Å². The summed E-state index contributed by atoms with van der Waals surface area (Å²) in [5.74, 6) is -3.03. The largest absolute Gasteiger partial charge is 0.472 e. The first-order valence-electron chi connectivity index (χ1n) is 13.7. The second-order valence-corrected chi connectivity index (χ2v) is 12.9. The number of carbonyl (C=O) groups excluding carboxylic acids is 4. The third-order valence-electron chi connectivity index (χ3n) is 10.1. The van der Waals surface area contributed by atoms with Gasteiger partial charge in [-0.3, -0.25) is 14.4 Å². The number of furan rings is 1. The molecule has 4 aliphatic rings. The molecular weight excluding hydrogens is 500 g/mol. The number of ketones is 1. The monoisotopic (exact) mass is 538 g/mol. The van der Waals surface area contributed by atoms with E-state index in [0.29, 0.717) is 12.8 Å². The van der Waals surface area contributed by atoms with Gasteiger partial charge in [-0.25, -0.2) is 4.79 Å². The van der Waals surface area contributed by atoms with Crippen molar-refractivity contribution in [3.05, 3.63) is 47.5 Å². The molecule has 0 spiro atoms. The van der Waals surface area contributed by atoms with Gasteiger partial charge in [-0.1, -0.05) is 47.6 Å². The number of carbonyl (C=O) groups is 4.